The number of carbonyl (C=O) groups excluding carboxylic acids is 1. The first-order chi connectivity index (χ1) is 16.4. The van der Waals surface area contributed by atoms with Crippen LogP contribution in [0.4, 0.5) is 5.13 Å². The van der Waals surface area contributed by atoms with Crippen LogP contribution in [0, 0.1) is 0 Å². The lowest BCUT2D eigenvalue weighted by Gasteiger charge is -2.38. The van der Waals surface area contributed by atoms with Crippen molar-refractivity contribution in [1.29, 1.82) is 0 Å². The normalized spacial score (nSPS) is 14.4. The van der Waals surface area contributed by atoms with Gasteiger partial charge < -0.3 is 14.4 Å². The quantitative estimate of drug-likeness (QED) is 0.384. The minimum absolute atomic E-state index is 0.183. The van der Waals surface area contributed by atoms with Gasteiger partial charge in [-0.15, -0.1) is 0 Å². The molecule has 0 N–H and O–H groups in total. The smallest absolute Gasteiger partial charge is 0.338 e. The number of thiazole rings is 1. The molecular weight excluding hydrogens is 474 g/mol. The van der Waals surface area contributed by atoms with Crippen LogP contribution in [0.25, 0.3) is 10.2 Å². The Balaban J connectivity index is 1.35. The van der Waals surface area contributed by atoms with Crippen LogP contribution >= 0.6 is 11.3 Å². The van der Waals surface area contributed by atoms with Crippen molar-refractivity contribution in [3.8, 4) is 5.75 Å². The van der Waals surface area contributed by atoms with Crippen molar-refractivity contribution in [2.75, 3.05) is 38.2 Å². The molecule has 0 amide bonds. The first-order valence-electron chi connectivity index (χ1n) is 11.4. The second-order valence-corrected chi connectivity index (χ2v) is 11.1. The summed E-state index contributed by atoms with van der Waals surface area (Å²) in [6, 6.07) is 11.8. The summed E-state index contributed by atoms with van der Waals surface area (Å²) in [4.78, 5) is 19.5. The third-order valence-electron chi connectivity index (χ3n) is 5.82. The van der Waals surface area contributed by atoms with Crippen LogP contribution < -0.4 is 9.64 Å². The maximum absolute atomic E-state index is 12.9. The first kappa shape index (κ1) is 24.4. The predicted octanol–water partition coefficient (Wildman–Crippen LogP) is 4.16. The van der Waals surface area contributed by atoms with Crippen LogP contribution in [-0.4, -0.2) is 63.1 Å². The number of benzene rings is 2. The van der Waals surface area contributed by atoms with Gasteiger partial charge >= 0.3 is 5.97 Å². The van der Waals surface area contributed by atoms with Crippen LogP contribution in [0.15, 0.2) is 47.4 Å². The molecule has 0 spiro atoms. The fourth-order valence-electron chi connectivity index (χ4n) is 3.79. The number of anilines is 1. The Bertz CT molecular complexity index is 1250. The maximum Gasteiger partial charge on any atom is 0.338 e. The summed E-state index contributed by atoms with van der Waals surface area (Å²) in [6.07, 6.45) is 1.48. The Morgan fingerprint density at radius 2 is 1.91 bits per heavy atom. The standard InChI is InChI=1S/C24H29N3O5S2/c1-4-6-14-27(5-2)34(29,30)19-12-10-17(11-13-19)23(28)32-18-15-26(16-18)24-25-22-20(31-3)8-7-9-21(22)33-24/h7-13,18H,4-6,14-16H2,1-3H3. The number of rotatable bonds is 10. The second kappa shape index (κ2) is 10.3. The number of methoxy groups -OCH3 is 1. The van der Waals surface area contributed by atoms with E-state index in [0.29, 0.717) is 31.7 Å². The van der Waals surface area contributed by atoms with Gasteiger partial charge in [-0.25, -0.2) is 18.2 Å². The molecule has 10 heteroatoms. The van der Waals surface area contributed by atoms with Gasteiger partial charge in [-0.05, 0) is 42.8 Å². The highest BCUT2D eigenvalue weighted by Crippen LogP contribution is 2.36. The van der Waals surface area contributed by atoms with Crippen molar-refractivity contribution < 1.29 is 22.7 Å². The van der Waals surface area contributed by atoms with Gasteiger partial charge in [0.2, 0.25) is 10.0 Å². The summed E-state index contributed by atoms with van der Waals surface area (Å²) in [5.74, 6) is 0.277. The summed E-state index contributed by atoms with van der Waals surface area (Å²) in [7, 11) is -1.95. The Labute approximate surface area is 204 Å². The number of nitrogens with zero attached hydrogens (tertiary/aromatic N) is 3. The van der Waals surface area contributed by atoms with Crippen LogP contribution in [0.2, 0.25) is 0 Å². The number of hydrogen-bond acceptors (Lipinski definition) is 8. The van der Waals surface area contributed by atoms with Gasteiger partial charge in [-0.1, -0.05) is 37.7 Å². The number of carbonyl (C=O) groups is 1. The molecule has 34 heavy (non-hydrogen) atoms. The summed E-state index contributed by atoms with van der Waals surface area (Å²) in [5.41, 5.74) is 1.16. The van der Waals surface area contributed by atoms with Gasteiger partial charge in [0.25, 0.3) is 0 Å². The fourth-order valence-corrected chi connectivity index (χ4v) is 6.28. The Morgan fingerprint density at radius 3 is 2.56 bits per heavy atom. The van der Waals surface area contributed by atoms with Crippen molar-refractivity contribution in [3.05, 3.63) is 48.0 Å². The Kier molecular flexibility index (Phi) is 7.39. The number of aromatic nitrogens is 1. The molecule has 1 aliphatic rings. The molecule has 1 aliphatic heterocycles. The van der Waals surface area contributed by atoms with Gasteiger partial charge in [0.05, 0.1) is 35.4 Å². The number of esters is 1. The summed E-state index contributed by atoms with van der Waals surface area (Å²) in [5, 5.41) is 0.866. The molecule has 1 aromatic heterocycles. The van der Waals surface area contributed by atoms with E-state index in [1.54, 1.807) is 18.4 Å². The molecule has 1 fully saturated rings. The van der Waals surface area contributed by atoms with Gasteiger partial charge in [0.1, 0.15) is 17.4 Å². The Morgan fingerprint density at radius 1 is 1.18 bits per heavy atom. The van der Waals surface area contributed by atoms with E-state index in [-0.39, 0.29) is 11.0 Å². The molecule has 0 aliphatic carbocycles. The molecule has 0 saturated carbocycles. The van der Waals surface area contributed by atoms with Crippen LogP contribution in [0.5, 0.6) is 5.75 Å². The molecule has 8 nitrogen and oxygen atoms in total. The van der Waals surface area contributed by atoms with E-state index in [0.717, 1.165) is 33.9 Å². The summed E-state index contributed by atoms with van der Waals surface area (Å²) >= 11 is 1.57. The molecule has 0 atom stereocenters. The molecule has 1 saturated heterocycles. The zero-order valence-corrected chi connectivity index (χ0v) is 21.2. The van der Waals surface area contributed by atoms with Crippen molar-refractivity contribution >= 4 is 42.7 Å². The minimum atomic E-state index is -3.58. The first-order valence-corrected chi connectivity index (χ1v) is 13.6. The van der Waals surface area contributed by atoms with Crippen molar-refractivity contribution in [3.63, 3.8) is 0 Å². The number of fused-ring (bicyclic) bond motifs is 1. The molecule has 3 aromatic rings. The number of para-hydroxylation sites is 1. The van der Waals surface area contributed by atoms with Crippen molar-refractivity contribution in [2.45, 2.75) is 37.7 Å². The van der Waals surface area contributed by atoms with Gasteiger partial charge in [0, 0.05) is 13.1 Å². The summed E-state index contributed by atoms with van der Waals surface area (Å²) in [6.45, 7) is 5.86. The lowest BCUT2D eigenvalue weighted by molar-refractivity contribution is 0.0234. The molecule has 2 aromatic carbocycles. The van der Waals surface area contributed by atoms with E-state index >= 15 is 0 Å². The molecule has 182 valence electrons. The molecule has 2 heterocycles. The highest BCUT2D eigenvalue weighted by Gasteiger charge is 2.33. The lowest BCUT2D eigenvalue weighted by atomic mass is 10.2. The van der Waals surface area contributed by atoms with E-state index in [4.69, 9.17) is 9.47 Å². The molecule has 0 bridgehead atoms. The van der Waals surface area contributed by atoms with Gasteiger partial charge in [-0.3, -0.25) is 0 Å². The van der Waals surface area contributed by atoms with E-state index in [2.05, 4.69) is 9.88 Å². The van der Waals surface area contributed by atoms with Crippen LogP contribution in [-0.2, 0) is 14.8 Å². The number of unbranched alkanes of at least 4 members (excludes halogenated alkanes) is 1. The highest BCUT2D eigenvalue weighted by atomic mass is 32.2. The molecule has 0 radical (unpaired) electrons. The average Bonchev–Trinajstić information content (AvgIpc) is 3.25. The van der Waals surface area contributed by atoms with Crippen LogP contribution in [0.1, 0.15) is 37.0 Å². The minimum Gasteiger partial charge on any atom is -0.494 e. The van der Waals surface area contributed by atoms with Crippen LogP contribution in [0.3, 0.4) is 0 Å². The maximum atomic E-state index is 12.9. The van der Waals surface area contributed by atoms with Crippen molar-refractivity contribution in [2.24, 2.45) is 0 Å². The SMILES string of the molecule is CCCCN(CC)S(=O)(=O)c1ccc(C(=O)OC2CN(c3nc4c(OC)cccc4s3)C2)cc1. The second-order valence-electron chi connectivity index (χ2n) is 8.11. The third kappa shape index (κ3) is 4.89. The molecular formula is C24H29N3O5S2. The largest absolute Gasteiger partial charge is 0.494 e. The van der Waals surface area contributed by atoms with E-state index < -0.39 is 16.0 Å². The number of hydrogen-bond donors (Lipinski definition) is 0. The number of ether oxygens (including phenoxy) is 2. The monoisotopic (exact) mass is 503 g/mol. The van der Waals surface area contributed by atoms with E-state index in [9.17, 15) is 13.2 Å². The zero-order valence-electron chi connectivity index (χ0n) is 19.6. The van der Waals surface area contributed by atoms with E-state index in [1.165, 1.54) is 28.6 Å². The molecule has 0 unspecified atom stereocenters. The van der Waals surface area contributed by atoms with E-state index in [1.807, 2.05) is 32.0 Å². The highest BCUT2D eigenvalue weighted by molar-refractivity contribution is 7.89. The lowest BCUT2D eigenvalue weighted by Crippen LogP contribution is -2.53. The zero-order chi connectivity index (χ0) is 24.3. The average molecular weight is 504 g/mol. The third-order valence-corrected chi connectivity index (χ3v) is 8.89. The van der Waals surface area contributed by atoms with Gasteiger partial charge in [0.15, 0.2) is 5.13 Å². The van der Waals surface area contributed by atoms with Crippen molar-refractivity contribution in [1.82, 2.24) is 9.29 Å². The predicted molar refractivity (Wildman–Crippen MR) is 133 cm³/mol. The topological polar surface area (TPSA) is 89.0 Å². The van der Waals surface area contributed by atoms with Gasteiger partial charge in [-0.2, -0.15) is 4.31 Å². The molecule has 4 rings (SSSR count). The number of sulfonamides is 1. The fraction of sp³-hybridized carbons (Fsp3) is 0.417. The summed E-state index contributed by atoms with van der Waals surface area (Å²) < 4.78 is 39.2. The Hall–Kier alpha value is -2.69.